The van der Waals surface area contributed by atoms with Crippen LogP contribution in [-0.2, 0) is 22.6 Å². The molecule has 2 atom stereocenters. The predicted octanol–water partition coefficient (Wildman–Crippen LogP) is 2.57. The third-order valence-corrected chi connectivity index (χ3v) is 4.74. The van der Waals surface area contributed by atoms with E-state index in [9.17, 15) is 14.7 Å². The van der Waals surface area contributed by atoms with E-state index in [1.165, 1.54) is 0 Å². The second-order valence-electron chi connectivity index (χ2n) is 6.18. The lowest BCUT2D eigenvalue weighted by atomic mass is 10.0. The number of carboxylic acids is 1. The molecular weight excluding hydrogens is 292 g/mol. The number of amides is 1. The fourth-order valence-corrected chi connectivity index (χ4v) is 3.58. The van der Waals surface area contributed by atoms with E-state index in [0.717, 1.165) is 35.9 Å². The third kappa shape index (κ3) is 3.09. The Balaban J connectivity index is 1.74. The van der Waals surface area contributed by atoms with E-state index in [1.807, 2.05) is 24.4 Å². The van der Waals surface area contributed by atoms with Gasteiger partial charge < -0.3 is 15.0 Å². The summed E-state index contributed by atoms with van der Waals surface area (Å²) in [5.41, 5.74) is 2.12. The fraction of sp³-hybridized carbons (Fsp3) is 0.444. The highest BCUT2D eigenvalue weighted by Crippen LogP contribution is 2.26. The molecule has 0 bridgehead atoms. The molecule has 1 aliphatic rings. The van der Waals surface area contributed by atoms with Crippen molar-refractivity contribution in [1.82, 2.24) is 9.88 Å². The van der Waals surface area contributed by atoms with Crippen LogP contribution in [-0.4, -0.2) is 27.6 Å². The zero-order chi connectivity index (χ0) is 16.4. The van der Waals surface area contributed by atoms with E-state index >= 15 is 0 Å². The normalized spacial score (nSPS) is 20.7. The van der Waals surface area contributed by atoms with Crippen molar-refractivity contribution in [1.29, 1.82) is 0 Å². The minimum Gasteiger partial charge on any atom is -0.481 e. The van der Waals surface area contributed by atoms with E-state index in [-0.39, 0.29) is 18.4 Å². The van der Waals surface area contributed by atoms with Crippen molar-refractivity contribution in [3.63, 3.8) is 0 Å². The van der Waals surface area contributed by atoms with E-state index in [1.54, 1.807) is 0 Å². The molecule has 5 heteroatoms. The van der Waals surface area contributed by atoms with Crippen LogP contribution in [0.25, 0.3) is 10.9 Å². The maximum absolute atomic E-state index is 12.4. The number of nitrogens with one attached hydrogen (secondary N) is 1. The van der Waals surface area contributed by atoms with Crippen LogP contribution < -0.4 is 5.32 Å². The molecule has 3 rings (SSSR count). The third-order valence-electron chi connectivity index (χ3n) is 4.74. The highest BCUT2D eigenvalue weighted by atomic mass is 16.4. The number of nitrogens with zero attached hydrogens (tertiary/aromatic N) is 1. The van der Waals surface area contributed by atoms with Gasteiger partial charge in [0.05, 0.1) is 12.3 Å². The van der Waals surface area contributed by atoms with Crippen LogP contribution in [0.5, 0.6) is 0 Å². The Hall–Kier alpha value is -2.30. The minimum atomic E-state index is -0.810. The number of rotatable bonds is 5. The molecule has 0 saturated heterocycles. The summed E-state index contributed by atoms with van der Waals surface area (Å²) in [5, 5.41) is 13.2. The smallest absolute Gasteiger partial charge is 0.308 e. The van der Waals surface area contributed by atoms with Gasteiger partial charge in [0.2, 0.25) is 5.91 Å². The van der Waals surface area contributed by atoms with Crippen LogP contribution in [0.3, 0.4) is 0 Å². The van der Waals surface area contributed by atoms with Gasteiger partial charge in [-0.05, 0) is 31.4 Å². The Labute approximate surface area is 135 Å². The first-order valence-electron chi connectivity index (χ1n) is 8.19. The quantitative estimate of drug-likeness (QED) is 0.891. The van der Waals surface area contributed by atoms with Crippen molar-refractivity contribution < 1.29 is 14.7 Å². The van der Waals surface area contributed by atoms with Crippen molar-refractivity contribution >= 4 is 22.8 Å². The molecule has 1 heterocycles. The summed E-state index contributed by atoms with van der Waals surface area (Å²) in [7, 11) is 0. The first-order valence-corrected chi connectivity index (χ1v) is 8.19. The summed E-state index contributed by atoms with van der Waals surface area (Å²) in [6.45, 7) is 2.93. The summed E-state index contributed by atoms with van der Waals surface area (Å²) < 4.78 is 2.13. The second-order valence-corrected chi connectivity index (χ2v) is 6.18. The van der Waals surface area contributed by atoms with Crippen molar-refractivity contribution in [2.45, 2.75) is 45.2 Å². The molecule has 122 valence electrons. The number of aliphatic carboxylic acids is 1. The molecule has 1 saturated carbocycles. The number of carbonyl (C=O) groups excluding carboxylic acids is 1. The summed E-state index contributed by atoms with van der Waals surface area (Å²) in [6.07, 6.45) is 4.57. The van der Waals surface area contributed by atoms with Crippen molar-refractivity contribution in [3.8, 4) is 0 Å². The summed E-state index contributed by atoms with van der Waals surface area (Å²) in [4.78, 5) is 23.6. The highest BCUT2D eigenvalue weighted by molar-refractivity contribution is 5.89. The zero-order valence-corrected chi connectivity index (χ0v) is 13.3. The van der Waals surface area contributed by atoms with E-state index in [2.05, 4.69) is 22.9 Å². The standard InChI is InChI=1S/C18H22N2O3/c1-2-20-11-12(13-6-3-4-9-16(13)20)10-17(21)19-15-8-5-7-14(15)18(22)23/h3-4,6,9,11,14-15H,2,5,7-8,10H2,1H3,(H,19,21)(H,22,23)/t14-,15+/m0/s1. The Kier molecular flexibility index (Phi) is 4.37. The molecule has 1 aromatic heterocycles. The molecule has 0 aliphatic heterocycles. The van der Waals surface area contributed by atoms with Gasteiger partial charge in [-0.15, -0.1) is 0 Å². The van der Waals surface area contributed by atoms with Crippen LogP contribution in [0.15, 0.2) is 30.5 Å². The summed E-state index contributed by atoms with van der Waals surface area (Å²) >= 11 is 0. The van der Waals surface area contributed by atoms with Gasteiger partial charge in [-0.25, -0.2) is 0 Å². The molecule has 2 aromatic rings. The van der Waals surface area contributed by atoms with Gasteiger partial charge in [0, 0.05) is 29.7 Å². The van der Waals surface area contributed by atoms with Crippen molar-refractivity contribution in [2.75, 3.05) is 0 Å². The van der Waals surface area contributed by atoms with Gasteiger partial charge in [-0.3, -0.25) is 9.59 Å². The lowest BCUT2D eigenvalue weighted by molar-refractivity contribution is -0.142. The number of aromatic nitrogens is 1. The Morgan fingerprint density at radius 1 is 1.30 bits per heavy atom. The fourth-order valence-electron chi connectivity index (χ4n) is 3.58. The van der Waals surface area contributed by atoms with Crippen LogP contribution in [0, 0.1) is 5.92 Å². The van der Waals surface area contributed by atoms with E-state index in [0.29, 0.717) is 6.42 Å². The molecule has 0 radical (unpaired) electrons. The zero-order valence-electron chi connectivity index (χ0n) is 13.3. The number of fused-ring (bicyclic) bond motifs is 1. The lowest BCUT2D eigenvalue weighted by Crippen LogP contribution is -2.40. The number of carbonyl (C=O) groups is 2. The number of benzene rings is 1. The molecule has 0 spiro atoms. The molecule has 1 amide bonds. The number of para-hydroxylation sites is 1. The first kappa shape index (κ1) is 15.6. The van der Waals surface area contributed by atoms with Gasteiger partial charge in [-0.2, -0.15) is 0 Å². The highest BCUT2D eigenvalue weighted by Gasteiger charge is 2.33. The molecular formula is C18H22N2O3. The Morgan fingerprint density at radius 2 is 2.09 bits per heavy atom. The Morgan fingerprint density at radius 3 is 2.83 bits per heavy atom. The predicted molar refractivity (Wildman–Crippen MR) is 88.2 cm³/mol. The van der Waals surface area contributed by atoms with Gasteiger partial charge in [0.25, 0.3) is 0 Å². The van der Waals surface area contributed by atoms with Gasteiger partial charge >= 0.3 is 5.97 Å². The topological polar surface area (TPSA) is 71.3 Å². The number of hydrogen-bond donors (Lipinski definition) is 2. The van der Waals surface area contributed by atoms with Gasteiger partial charge in [0.1, 0.15) is 0 Å². The van der Waals surface area contributed by atoms with E-state index in [4.69, 9.17) is 0 Å². The average molecular weight is 314 g/mol. The molecule has 1 fully saturated rings. The monoisotopic (exact) mass is 314 g/mol. The van der Waals surface area contributed by atoms with Crippen LogP contribution in [0.1, 0.15) is 31.7 Å². The first-order chi connectivity index (χ1) is 11.1. The number of hydrogen-bond acceptors (Lipinski definition) is 2. The summed E-state index contributed by atoms with van der Waals surface area (Å²) in [5.74, 6) is -1.35. The van der Waals surface area contributed by atoms with Crippen LogP contribution in [0.4, 0.5) is 0 Å². The minimum absolute atomic E-state index is 0.0952. The SMILES string of the molecule is CCn1cc(CC(=O)N[C@@H]2CCC[C@@H]2C(=O)O)c2ccccc21. The lowest BCUT2D eigenvalue weighted by Gasteiger charge is -2.17. The van der Waals surface area contributed by atoms with Crippen molar-refractivity contribution in [3.05, 3.63) is 36.0 Å². The molecule has 0 unspecified atom stereocenters. The van der Waals surface area contributed by atoms with Gasteiger partial charge in [0.15, 0.2) is 0 Å². The molecule has 5 nitrogen and oxygen atoms in total. The van der Waals surface area contributed by atoms with Gasteiger partial charge in [-0.1, -0.05) is 24.6 Å². The molecule has 2 N–H and O–H groups in total. The maximum Gasteiger partial charge on any atom is 0.308 e. The largest absolute Gasteiger partial charge is 0.481 e. The van der Waals surface area contributed by atoms with Crippen molar-refractivity contribution in [2.24, 2.45) is 5.92 Å². The molecule has 1 aromatic carbocycles. The number of carboxylic acid groups (broad SMARTS) is 1. The molecule has 1 aliphatic carbocycles. The summed E-state index contributed by atoms with van der Waals surface area (Å²) in [6, 6.07) is 7.81. The second kappa shape index (κ2) is 6.44. The van der Waals surface area contributed by atoms with E-state index < -0.39 is 11.9 Å². The average Bonchev–Trinajstić information content (AvgIpc) is 3.12. The maximum atomic E-state index is 12.4. The van der Waals surface area contributed by atoms with Crippen LogP contribution >= 0.6 is 0 Å². The number of aryl methyl sites for hydroxylation is 1. The molecule has 23 heavy (non-hydrogen) atoms. The Bertz CT molecular complexity index is 735. The van der Waals surface area contributed by atoms with Crippen LogP contribution in [0.2, 0.25) is 0 Å².